The van der Waals surface area contributed by atoms with Crippen LogP contribution in [0.2, 0.25) is 0 Å². The summed E-state index contributed by atoms with van der Waals surface area (Å²) in [5, 5.41) is 25.5. The van der Waals surface area contributed by atoms with E-state index in [1.807, 2.05) is 42.5 Å². The molecule has 0 aliphatic heterocycles. The van der Waals surface area contributed by atoms with Crippen LogP contribution < -0.4 is 10.6 Å². The normalized spacial score (nSPS) is 24.4. The Labute approximate surface area is 210 Å². The van der Waals surface area contributed by atoms with Crippen LogP contribution in [0.5, 0.6) is 0 Å². The van der Waals surface area contributed by atoms with Gasteiger partial charge in [-0.05, 0) is 93.8 Å². The molecule has 2 saturated carbocycles. The zero-order valence-electron chi connectivity index (χ0n) is 20.4. The van der Waals surface area contributed by atoms with Gasteiger partial charge in [0.1, 0.15) is 5.82 Å². The molecule has 5 N–H and O–H groups in total. The molecule has 2 fully saturated rings. The average Bonchev–Trinajstić information content (AvgIpc) is 3.32. The third kappa shape index (κ3) is 5.77. The summed E-state index contributed by atoms with van der Waals surface area (Å²) in [6.07, 6.45) is 5.21. The molecule has 3 aromatic rings. The molecule has 1 heterocycles. The molecule has 0 radical (unpaired) electrons. The van der Waals surface area contributed by atoms with Crippen molar-refractivity contribution in [3.05, 3.63) is 42.5 Å². The van der Waals surface area contributed by atoms with Gasteiger partial charge in [-0.2, -0.15) is 0 Å². The van der Waals surface area contributed by atoms with Gasteiger partial charge in [-0.3, -0.25) is 9.59 Å². The summed E-state index contributed by atoms with van der Waals surface area (Å²) in [5.41, 5.74) is 4.18. The number of rotatable bonds is 7. The Kier molecular flexibility index (Phi) is 7.34. The molecule has 2 aliphatic carbocycles. The fourth-order valence-corrected chi connectivity index (χ4v) is 5.28. The quantitative estimate of drug-likeness (QED) is 0.337. The Morgan fingerprint density at radius 1 is 0.833 bits per heavy atom. The number of aromatic amines is 1. The van der Waals surface area contributed by atoms with Crippen molar-refractivity contribution in [1.29, 1.82) is 0 Å². The molecule has 1 aromatic heterocycles. The van der Waals surface area contributed by atoms with Crippen molar-refractivity contribution in [3.8, 4) is 11.4 Å². The number of fused-ring (bicyclic) bond motifs is 1. The lowest BCUT2D eigenvalue weighted by atomic mass is 9.84. The molecule has 1 amide bonds. The number of H-pyrrole nitrogens is 1. The number of amides is 1. The first-order chi connectivity index (χ1) is 17.4. The molecule has 0 saturated heterocycles. The number of hydrogen-bond donors (Lipinski definition) is 5. The summed E-state index contributed by atoms with van der Waals surface area (Å²) in [5.74, 6) is 0.925. The lowest BCUT2D eigenvalue weighted by molar-refractivity contribution is -0.123. The number of carbonyl (C=O) groups excluding carboxylic acids is 2. The fourth-order valence-electron chi connectivity index (χ4n) is 5.28. The van der Waals surface area contributed by atoms with Crippen LogP contribution in [0.1, 0.15) is 51.4 Å². The van der Waals surface area contributed by atoms with Gasteiger partial charge in [0, 0.05) is 28.8 Å². The van der Waals surface area contributed by atoms with E-state index in [2.05, 4.69) is 20.6 Å². The number of nitrogens with zero attached hydrogens (tertiary/aromatic N) is 1. The Bertz CT molecular complexity index is 1210. The number of imidazole rings is 1. The number of Topliss-reactive ketones (excluding diaryl/α,β-unsaturated/α-hetero) is 1. The Hall–Kier alpha value is -3.23. The largest absolute Gasteiger partial charge is 0.393 e. The highest BCUT2D eigenvalue weighted by atomic mass is 16.3. The highest BCUT2D eigenvalue weighted by Gasteiger charge is 2.26. The van der Waals surface area contributed by atoms with E-state index in [9.17, 15) is 19.8 Å². The highest BCUT2D eigenvalue weighted by Crippen LogP contribution is 2.28. The van der Waals surface area contributed by atoms with Gasteiger partial charge in [0.05, 0.1) is 29.8 Å². The van der Waals surface area contributed by atoms with E-state index in [4.69, 9.17) is 0 Å². The van der Waals surface area contributed by atoms with Crippen molar-refractivity contribution in [1.82, 2.24) is 9.97 Å². The summed E-state index contributed by atoms with van der Waals surface area (Å²) in [6.45, 7) is 0.292. The van der Waals surface area contributed by atoms with Crippen LogP contribution in [-0.2, 0) is 9.59 Å². The molecule has 2 aliphatic rings. The maximum atomic E-state index is 12.6. The number of benzene rings is 2. The van der Waals surface area contributed by atoms with Crippen molar-refractivity contribution >= 4 is 34.1 Å². The summed E-state index contributed by atoms with van der Waals surface area (Å²) in [4.78, 5) is 33.1. The summed E-state index contributed by atoms with van der Waals surface area (Å²) in [6, 6.07) is 13.4. The van der Waals surface area contributed by atoms with Gasteiger partial charge in [-0.1, -0.05) is 0 Å². The van der Waals surface area contributed by atoms with Crippen LogP contribution in [-0.4, -0.2) is 50.6 Å². The lowest BCUT2D eigenvalue weighted by Gasteiger charge is -2.24. The molecule has 0 spiro atoms. The molecule has 0 bridgehead atoms. The van der Waals surface area contributed by atoms with Crippen molar-refractivity contribution in [2.24, 2.45) is 11.8 Å². The fraction of sp³-hybridized carbons (Fsp3) is 0.464. The van der Waals surface area contributed by atoms with Crippen molar-refractivity contribution < 1.29 is 19.8 Å². The predicted octanol–water partition coefficient (Wildman–Crippen LogP) is 4.25. The standard InChI is InChI=1S/C28H34N4O4/c33-22-10-3-17(4-11-22)26(35)16-29-20-7-1-18(2-8-20)27-31-24-14-9-21(15-25(24)32-27)30-28(36)19-5-12-23(34)13-6-19/h1-2,7-9,14-15,17,19,22-23,29,33-34H,3-6,10-13,16H2,(H,30,36)(H,31,32). The molecule has 8 heteroatoms. The number of anilines is 2. The maximum Gasteiger partial charge on any atom is 0.227 e. The van der Waals surface area contributed by atoms with E-state index in [0.717, 1.165) is 46.6 Å². The molecule has 36 heavy (non-hydrogen) atoms. The summed E-state index contributed by atoms with van der Waals surface area (Å²) in [7, 11) is 0. The van der Waals surface area contributed by atoms with E-state index in [-0.39, 0.29) is 35.7 Å². The first kappa shape index (κ1) is 24.5. The topological polar surface area (TPSA) is 127 Å². The average molecular weight is 491 g/mol. The summed E-state index contributed by atoms with van der Waals surface area (Å²) < 4.78 is 0. The third-order valence-corrected chi connectivity index (χ3v) is 7.59. The van der Waals surface area contributed by atoms with Crippen LogP contribution in [0.4, 0.5) is 11.4 Å². The van der Waals surface area contributed by atoms with Crippen molar-refractivity contribution in [3.63, 3.8) is 0 Å². The van der Waals surface area contributed by atoms with Gasteiger partial charge in [0.25, 0.3) is 0 Å². The predicted molar refractivity (Wildman–Crippen MR) is 140 cm³/mol. The van der Waals surface area contributed by atoms with Gasteiger partial charge in [-0.25, -0.2) is 4.98 Å². The number of carbonyl (C=O) groups is 2. The molecular weight excluding hydrogens is 456 g/mol. The SMILES string of the molecule is O=C(CNc1ccc(-c2nc3ccc(NC(=O)C4CCC(O)CC4)cc3[nH]2)cc1)C1CCC(O)CC1. The zero-order chi connectivity index (χ0) is 25.1. The van der Waals surface area contributed by atoms with Crippen molar-refractivity contribution in [2.75, 3.05) is 17.2 Å². The monoisotopic (exact) mass is 490 g/mol. The summed E-state index contributed by atoms with van der Waals surface area (Å²) >= 11 is 0. The van der Waals surface area contributed by atoms with Crippen LogP contribution in [0, 0.1) is 11.8 Å². The second-order valence-corrected chi connectivity index (χ2v) is 10.2. The second kappa shape index (κ2) is 10.8. The molecular formula is C28H34N4O4. The van der Waals surface area contributed by atoms with Crippen LogP contribution >= 0.6 is 0 Å². The lowest BCUT2D eigenvalue weighted by Crippen LogP contribution is -2.28. The molecule has 5 rings (SSSR count). The molecule has 2 aromatic carbocycles. The minimum Gasteiger partial charge on any atom is -0.393 e. The number of aromatic nitrogens is 2. The van der Waals surface area contributed by atoms with E-state index >= 15 is 0 Å². The molecule has 0 atom stereocenters. The van der Waals surface area contributed by atoms with Gasteiger partial charge >= 0.3 is 0 Å². The van der Waals surface area contributed by atoms with Gasteiger partial charge in [0.2, 0.25) is 5.91 Å². The first-order valence-corrected chi connectivity index (χ1v) is 13.0. The number of ketones is 1. The third-order valence-electron chi connectivity index (χ3n) is 7.59. The zero-order valence-corrected chi connectivity index (χ0v) is 20.4. The first-order valence-electron chi connectivity index (χ1n) is 13.0. The molecule has 190 valence electrons. The molecule has 0 unspecified atom stereocenters. The number of aliphatic hydroxyl groups is 2. The van der Waals surface area contributed by atoms with E-state index in [0.29, 0.717) is 45.1 Å². The van der Waals surface area contributed by atoms with Crippen LogP contribution in [0.3, 0.4) is 0 Å². The van der Waals surface area contributed by atoms with Gasteiger partial charge < -0.3 is 25.8 Å². The van der Waals surface area contributed by atoms with Crippen LogP contribution in [0.15, 0.2) is 42.5 Å². The Morgan fingerprint density at radius 3 is 2.11 bits per heavy atom. The Balaban J connectivity index is 1.19. The second-order valence-electron chi connectivity index (χ2n) is 10.2. The van der Waals surface area contributed by atoms with E-state index < -0.39 is 0 Å². The molecule has 8 nitrogen and oxygen atoms in total. The number of aliphatic hydroxyl groups excluding tert-OH is 2. The number of hydrogen-bond acceptors (Lipinski definition) is 6. The van der Waals surface area contributed by atoms with E-state index in [1.165, 1.54) is 0 Å². The minimum absolute atomic E-state index is 0.00337. The van der Waals surface area contributed by atoms with Crippen molar-refractivity contribution in [2.45, 2.75) is 63.6 Å². The maximum absolute atomic E-state index is 12.6. The Morgan fingerprint density at radius 2 is 1.44 bits per heavy atom. The van der Waals surface area contributed by atoms with Crippen LogP contribution in [0.25, 0.3) is 22.4 Å². The van der Waals surface area contributed by atoms with Gasteiger partial charge in [0.15, 0.2) is 5.78 Å². The highest BCUT2D eigenvalue weighted by molar-refractivity contribution is 5.95. The smallest absolute Gasteiger partial charge is 0.227 e. The van der Waals surface area contributed by atoms with Gasteiger partial charge in [-0.15, -0.1) is 0 Å². The number of nitrogens with one attached hydrogen (secondary N) is 3. The minimum atomic E-state index is -0.279. The van der Waals surface area contributed by atoms with E-state index in [1.54, 1.807) is 0 Å².